The molecule has 6 heteroatoms. The molecule has 25 heavy (non-hydrogen) atoms. The minimum atomic E-state index is -3.74. The fraction of sp³-hybridized carbons (Fsp3) is 0. The maximum atomic E-state index is 12.1. The van der Waals surface area contributed by atoms with E-state index in [1.807, 2.05) is 42.5 Å². The van der Waals surface area contributed by atoms with E-state index in [-0.39, 0.29) is 10.8 Å². The number of amides is 1. The molecule has 0 aliphatic heterocycles. The maximum absolute atomic E-state index is 12.1. The summed E-state index contributed by atoms with van der Waals surface area (Å²) in [7, 11) is -3.74. The van der Waals surface area contributed by atoms with Crippen LogP contribution in [0.1, 0.15) is 5.56 Å². The van der Waals surface area contributed by atoms with Crippen molar-refractivity contribution in [2.45, 2.75) is 4.90 Å². The lowest BCUT2D eigenvalue weighted by Crippen LogP contribution is -2.12. The van der Waals surface area contributed by atoms with Crippen LogP contribution in [0, 0.1) is 0 Å². The van der Waals surface area contributed by atoms with Crippen LogP contribution in [0.15, 0.2) is 77.7 Å². The molecule has 3 N–H and O–H groups in total. The summed E-state index contributed by atoms with van der Waals surface area (Å²) in [6, 6.07) is 19.5. The average Bonchev–Trinajstić information content (AvgIpc) is 2.59. The van der Waals surface area contributed by atoms with Crippen molar-refractivity contribution < 1.29 is 13.2 Å². The van der Waals surface area contributed by atoms with Gasteiger partial charge in [0.1, 0.15) is 0 Å². The highest BCUT2D eigenvalue weighted by molar-refractivity contribution is 7.89. The molecule has 3 aromatic rings. The van der Waals surface area contributed by atoms with Crippen molar-refractivity contribution in [3.63, 3.8) is 0 Å². The number of hydrogen-bond donors (Lipinski definition) is 2. The van der Waals surface area contributed by atoms with Gasteiger partial charge in [-0.25, -0.2) is 13.6 Å². The first-order valence-corrected chi connectivity index (χ1v) is 9.08. The van der Waals surface area contributed by atoms with E-state index in [9.17, 15) is 13.2 Å². The van der Waals surface area contributed by atoms with Crippen molar-refractivity contribution in [3.05, 3.63) is 78.4 Å². The summed E-state index contributed by atoms with van der Waals surface area (Å²) in [5.41, 5.74) is 1.43. The summed E-state index contributed by atoms with van der Waals surface area (Å²) in [5, 5.41) is 9.88. The quantitative estimate of drug-likeness (QED) is 0.707. The Kier molecular flexibility index (Phi) is 4.65. The van der Waals surface area contributed by atoms with Gasteiger partial charge in [-0.1, -0.05) is 42.5 Å². The number of rotatable bonds is 4. The van der Waals surface area contributed by atoms with Gasteiger partial charge in [0.05, 0.1) is 4.90 Å². The summed E-state index contributed by atoms with van der Waals surface area (Å²) >= 11 is 0. The molecule has 5 nitrogen and oxygen atoms in total. The summed E-state index contributed by atoms with van der Waals surface area (Å²) < 4.78 is 22.4. The van der Waals surface area contributed by atoms with Gasteiger partial charge in [0, 0.05) is 11.8 Å². The molecule has 0 radical (unpaired) electrons. The predicted octanol–water partition coefficient (Wildman–Crippen LogP) is 3.14. The van der Waals surface area contributed by atoms with E-state index < -0.39 is 10.0 Å². The number of nitrogens with one attached hydrogen (secondary N) is 1. The minimum absolute atomic E-state index is 0.00297. The number of carbonyl (C=O) groups is 1. The highest BCUT2D eigenvalue weighted by atomic mass is 32.2. The number of hydrogen-bond acceptors (Lipinski definition) is 3. The van der Waals surface area contributed by atoms with Gasteiger partial charge in [-0.05, 0) is 46.7 Å². The number of primary sulfonamides is 1. The van der Waals surface area contributed by atoms with Crippen molar-refractivity contribution >= 4 is 38.5 Å². The fourth-order valence-corrected chi connectivity index (χ4v) is 2.99. The Bertz CT molecular complexity index is 1050. The second-order valence-electron chi connectivity index (χ2n) is 5.46. The van der Waals surface area contributed by atoms with Crippen molar-refractivity contribution in [2.75, 3.05) is 5.32 Å². The summed E-state index contributed by atoms with van der Waals surface area (Å²) in [5.74, 6) is -0.309. The van der Waals surface area contributed by atoms with Crippen LogP contribution in [-0.4, -0.2) is 14.3 Å². The van der Waals surface area contributed by atoms with Crippen molar-refractivity contribution in [3.8, 4) is 0 Å². The largest absolute Gasteiger partial charge is 0.323 e. The first kappa shape index (κ1) is 16.9. The maximum Gasteiger partial charge on any atom is 0.248 e. The number of benzene rings is 3. The van der Waals surface area contributed by atoms with Crippen LogP contribution in [-0.2, 0) is 14.8 Å². The second-order valence-corrected chi connectivity index (χ2v) is 7.02. The lowest BCUT2D eigenvalue weighted by Gasteiger charge is -2.04. The van der Waals surface area contributed by atoms with E-state index >= 15 is 0 Å². The molecule has 3 aromatic carbocycles. The number of fused-ring (bicyclic) bond motifs is 1. The molecule has 0 bridgehead atoms. The van der Waals surface area contributed by atoms with Gasteiger partial charge in [0.25, 0.3) is 0 Å². The Hall–Kier alpha value is -2.96. The summed E-state index contributed by atoms with van der Waals surface area (Å²) in [6.07, 6.45) is 3.19. The molecule has 0 saturated heterocycles. The van der Waals surface area contributed by atoms with Crippen LogP contribution >= 0.6 is 0 Å². The topological polar surface area (TPSA) is 89.3 Å². The van der Waals surface area contributed by atoms with Gasteiger partial charge in [-0.3, -0.25) is 4.79 Å². The SMILES string of the molecule is NS(=O)(=O)c1ccc(NC(=O)C=Cc2cccc3ccccc23)cc1. The van der Waals surface area contributed by atoms with Crippen LogP contribution in [0.2, 0.25) is 0 Å². The minimum Gasteiger partial charge on any atom is -0.323 e. The zero-order valence-electron chi connectivity index (χ0n) is 13.2. The lowest BCUT2D eigenvalue weighted by molar-refractivity contribution is -0.111. The highest BCUT2D eigenvalue weighted by Gasteiger charge is 2.07. The van der Waals surface area contributed by atoms with Crippen molar-refractivity contribution in [1.29, 1.82) is 0 Å². The molecule has 1 amide bonds. The Morgan fingerprint density at radius 3 is 2.32 bits per heavy atom. The third-order valence-electron chi connectivity index (χ3n) is 3.69. The molecular formula is C19H16N2O3S. The third-order valence-corrected chi connectivity index (χ3v) is 4.62. The molecule has 0 saturated carbocycles. The number of nitrogens with two attached hydrogens (primary N) is 1. The van der Waals surface area contributed by atoms with E-state index in [0.29, 0.717) is 5.69 Å². The van der Waals surface area contributed by atoms with Crippen LogP contribution in [0.3, 0.4) is 0 Å². The molecule has 0 atom stereocenters. The van der Waals surface area contributed by atoms with Gasteiger partial charge in [0.2, 0.25) is 15.9 Å². The highest BCUT2D eigenvalue weighted by Crippen LogP contribution is 2.19. The second kappa shape index (κ2) is 6.88. The average molecular weight is 352 g/mol. The van der Waals surface area contributed by atoms with E-state index in [1.165, 1.54) is 30.3 Å². The van der Waals surface area contributed by atoms with E-state index in [1.54, 1.807) is 6.08 Å². The summed E-state index contributed by atoms with van der Waals surface area (Å²) in [4.78, 5) is 12.1. The number of carbonyl (C=O) groups excluding carboxylic acids is 1. The molecule has 0 unspecified atom stereocenters. The smallest absolute Gasteiger partial charge is 0.248 e. The Balaban J connectivity index is 1.75. The fourth-order valence-electron chi connectivity index (χ4n) is 2.47. The molecule has 0 heterocycles. The molecule has 3 rings (SSSR count). The first-order valence-electron chi connectivity index (χ1n) is 7.53. The van der Waals surface area contributed by atoms with Gasteiger partial charge in [-0.15, -0.1) is 0 Å². The predicted molar refractivity (Wildman–Crippen MR) is 99.4 cm³/mol. The Morgan fingerprint density at radius 1 is 0.920 bits per heavy atom. The van der Waals surface area contributed by atoms with Gasteiger partial charge >= 0.3 is 0 Å². The molecule has 0 spiro atoms. The van der Waals surface area contributed by atoms with Crippen molar-refractivity contribution in [2.24, 2.45) is 5.14 Å². The van der Waals surface area contributed by atoms with Gasteiger partial charge in [0.15, 0.2) is 0 Å². The molecule has 0 aliphatic rings. The summed E-state index contributed by atoms with van der Waals surface area (Å²) in [6.45, 7) is 0. The van der Waals surface area contributed by atoms with E-state index in [4.69, 9.17) is 5.14 Å². The molecule has 126 valence electrons. The van der Waals surface area contributed by atoms with Crippen LogP contribution in [0.4, 0.5) is 5.69 Å². The van der Waals surface area contributed by atoms with E-state index in [2.05, 4.69) is 5.32 Å². The molecule has 0 aromatic heterocycles. The molecular weight excluding hydrogens is 336 g/mol. The van der Waals surface area contributed by atoms with Gasteiger partial charge < -0.3 is 5.32 Å². The molecule has 0 aliphatic carbocycles. The lowest BCUT2D eigenvalue weighted by atomic mass is 10.0. The van der Waals surface area contributed by atoms with Crippen LogP contribution < -0.4 is 10.5 Å². The zero-order valence-corrected chi connectivity index (χ0v) is 14.0. The van der Waals surface area contributed by atoms with Crippen LogP contribution in [0.25, 0.3) is 16.8 Å². The third kappa shape index (κ3) is 4.12. The van der Waals surface area contributed by atoms with Crippen molar-refractivity contribution in [1.82, 2.24) is 0 Å². The Labute approximate surface area is 145 Å². The Morgan fingerprint density at radius 2 is 1.60 bits per heavy atom. The first-order chi connectivity index (χ1) is 11.9. The van der Waals surface area contributed by atoms with Crippen LogP contribution in [0.5, 0.6) is 0 Å². The number of anilines is 1. The zero-order chi connectivity index (χ0) is 17.9. The number of sulfonamides is 1. The van der Waals surface area contributed by atoms with Gasteiger partial charge in [-0.2, -0.15) is 0 Å². The standard InChI is InChI=1S/C19H16N2O3S/c20-25(23,24)17-11-9-16(10-12-17)21-19(22)13-8-15-6-3-5-14-4-1-2-7-18(14)15/h1-13H,(H,21,22)(H2,20,23,24). The molecule has 0 fully saturated rings. The monoisotopic (exact) mass is 352 g/mol. The normalized spacial score (nSPS) is 11.7. The van der Waals surface area contributed by atoms with E-state index in [0.717, 1.165) is 16.3 Å².